The number of carbonyl (C=O) groups is 1. The average molecular weight is 284 g/mol. The normalized spacial score (nSPS) is 13.2. The largest absolute Gasteiger partial charge is 0.385 e. The lowest BCUT2D eigenvalue weighted by atomic mass is 10.0. The quantitative estimate of drug-likeness (QED) is 0.882. The standard InChI is InChI=1S/C17H17FN2O/c1-11-4-7-14(15(18)9-11)17(21)20-13-6-5-12-3-2-8-19-16(12)10-13/h4-7,9-10,19H,2-3,8H2,1H3,(H,20,21). The van der Waals surface area contributed by atoms with Crippen molar-refractivity contribution in [1.82, 2.24) is 0 Å². The minimum absolute atomic E-state index is 0.0614. The topological polar surface area (TPSA) is 41.1 Å². The third kappa shape index (κ3) is 2.89. The van der Waals surface area contributed by atoms with E-state index in [1.165, 1.54) is 17.7 Å². The fourth-order valence-corrected chi connectivity index (χ4v) is 2.54. The molecule has 1 aliphatic rings. The summed E-state index contributed by atoms with van der Waals surface area (Å²) in [4.78, 5) is 12.1. The van der Waals surface area contributed by atoms with E-state index < -0.39 is 11.7 Å². The summed E-state index contributed by atoms with van der Waals surface area (Å²) in [5.41, 5.74) is 3.82. The fraction of sp³-hybridized carbons (Fsp3) is 0.235. The lowest BCUT2D eigenvalue weighted by Gasteiger charge is -2.19. The van der Waals surface area contributed by atoms with Crippen LogP contribution in [0.5, 0.6) is 0 Å². The SMILES string of the molecule is Cc1ccc(C(=O)Nc2ccc3c(c2)NCCC3)c(F)c1. The molecule has 0 saturated heterocycles. The van der Waals surface area contributed by atoms with Gasteiger partial charge in [0.15, 0.2) is 0 Å². The van der Waals surface area contributed by atoms with Crippen molar-refractivity contribution in [2.24, 2.45) is 0 Å². The maximum atomic E-state index is 13.8. The van der Waals surface area contributed by atoms with E-state index in [2.05, 4.69) is 10.6 Å². The zero-order valence-corrected chi connectivity index (χ0v) is 11.9. The fourth-order valence-electron chi connectivity index (χ4n) is 2.54. The van der Waals surface area contributed by atoms with E-state index in [0.29, 0.717) is 5.69 Å². The van der Waals surface area contributed by atoms with Crippen LogP contribution < -0.4 is 10.6 Å². The first kappa shape index (κ1) is 13.6. The molecule has 108 valence electrons. The van der Waals surface area contributed by atoms with Gasteiger partial charge < -0.3 is 10.6 Å². The van der Waals surface area contributed by atoms with Crippen LogP contribution in [0.2, 0.25) is 0 Å². The van der Waals surface area contributed by atoms with Gasteiger partial charge in [0.05, 0.1) is 5.56 Å². The van der Waals surface area contributed by atoms with E-state index in [1.54, 1.807) is 13.0 Å². The molecule has 1 aliphatic heterocycles. The second kappa shape index (κ2) is 5.56. The molecule has 0 radical (unpaired) electrons. The summed E-state index contributed by atoms with van der Waals surface area (Å²) in [6.07, 6.45) is 2.16. The van der Waals surface area contributed by atoms with Gasteiger partial charge in [0.2, 0.25) is 0 Å². The van der Waals surface area contributed by atoms with Gasteiger partial charge in [0, 0.05) is 17.9 Å². The van der Waals surface area contributed by atoms with Crippen LogP contribution in [0.25, 0.3) is 0 Å². The van der Waals surface area contributed by atoms with Crippen LogP contribution in [-0.4, -0.2) is 12.5 Å². The van der Waals surface area contributed by atoms with Crippen molar-refractivity contribution in [2.75, 3.05) is 17.2 Å². The molecule has 0 spiro atoms. The molecule has 2 aromatic rings. The van der Waals surface area contributed by atoms with Crippen LogP contribution in [0, 0.1) is 12.7 Å². The van der Waals surface area contributed by atoms with E-state index in [0.717, 1.165) is 30.6 Å². The molecule has 0 aliphatic carbocycles. The molecule has 3 rings (SSSR count). The molecule has 0 saturated carbocycles. The zero-order chi connectivity index (χ0) is 14.8. The van der Waals surface area contributed by atoms with Crippen molar-refractivity contribution in [2.45, 2.75) is 19.8 Å². The van der Waals surface area contributed by atoms with Crippen molar-refractivity contribution in [3.8, 4) is 0 Å². The Morgan fingerprint density at radius 3 is 2.90 bits per heavy atom. The molecule has 1 heterocycles. The van der Waals surface area contributed by atoms with Crippen LogP contribution in [0.15, 0.2) is 36.4 Å². The van der Waals surface area contributed by atoms with E-state index in [9.17, 15) is 9.18 Å². The highest BCUT2D eigenvalue weighted by atomic mass is 19.1. The summed E-state index contributed by atoms with van der Waals surface area (Å²) in [7, 11) is 0. The molecule has 1 amide bonds. The third-order valence-corrected chi connectivity index (χ3v) is 3.68. The van der Waals surface area contributed by atoms with Crippen LogP contribution in [0.1, 0.15) is 27.9 Å². The number of carbonyl (C=O) groups excluding carboxylic acids is 1. The number of fused-ring (bicyclic) bond motifs is 1. The molecular weight excluding hydrogens is 267 g/mol. The van der Waals surface area contributed by atoms with Gasteiger partial charge >= 0.3 is 0 Å². The van der Waals surface area contributed by atoms with Crippen molar-refractivity contribution >= 4 is 17.3 Å². The second-order valence-corrected chi connectivity index (χ2v) is 5.34. The number of hydrogen-bond acceptors (Lipinski definition) is 2. The highest BCUT2D eigenvalue weighted by Crippen LogP contribution is 2.25. The van der Waals surface area contributed by atoms with Crippen molar-refractivity contribution in [3.05, 3.63) is 58.9 Å². The predicted octanol–water partition coefficient (Wildman–Crippen LogP) is 3.74. The maximum Gasteiger partial charge on any atom is 0.258 e. The molecule has 2 N–H and O–H groups in total. The van der Waals surface area contributed by atoms with Gasteiger partial charge in [-0.05, 0) is 55.2 Å². The number of amides is 1. The van der Waals surface area contributed by atoms with E-state index in [-0.39, 0.29) is 5.56 Å². The highest BCUT2D eigenvalue weighted by molar-refractivity contribution is 6.04. The predicted molar refractivity (Wildman–Crippen MR) is 82.3 cm³/mol. The number of aryl methyl sites for hydroxylation is 2. The molecule has 2 aromatic carbocycles. The molecule has 0 bridgehead atoms. The average Bonchev–Trinajstić information content (AvgIpc) is 2.47. The highest BCUT2D eigenvalue weighted by Gasteiger charge is 2.14. The number of nitrogens with one attached hydrogen (secondary N) is 2. The zero-order valence-electron chi connectivity index (χ0n) is 11.9. The van der Waals surface area contributed by atoms with Gasteiger partial charge in [0.1, 0.15) is 5.82 Å². The van der Waals surface area contributed by atoms with Crippen LogP contribution in [0.4, 0.5) is 15.8 Å². The van der Waals surface area contributed by atoms with Crippen LogP contribution in [-0.2, 0) is 6.42 Å². The minimum Gasteiger partial charge on any atom is -0.385 e. The van der Waals surface area contributed by atoms with Gasteiger partial charge in [-0.25, -0.2) is 4.39 Å². The Bertz CT molecular complexity index is 697. The number of rotatable bonds is 2. The van der Waals surface area contributed by atoms with Gasteiger partial charge in [-0.3, -0.25) is 4.79 Å². The summed E-state index contributed by atoms with van der Waals surface area (Å²) in [6.45, 7) is 2.73. The Morgan fingerprint density at radius 1 is 1.24 bits per heavy atom. The first-order valence-corrected chi connectivity index (χ1v) is 7.08. The number of hydrogen-bond donors (Lipinski definition) is 2. The number of anilines is 2. The first-order chi connectivity index (χ1) is 10.1. The third-order valence-electron chi connectivity index (χ3n) is 3.68. The number of benzene rings is 2. The van der Waals surface area contributed by atoms with Crippen LogP contribution in [0.3, 0.4) is 0 Å². The smallest absolute Gasteiger partial charge is 0.258 e. The summed E-state index contributed by atoms with van der Waals surface area (Å²) < 4.78 is 13.8. The molecule has 0 fully saturated rings. The molecular formula is C17H17FN2O. The number of halogens is 1. The van der Waals surface area contributed by atoms with Gasteiger partial charge in [-0.1, -0.05) is 12.1 Å². The lowest BCUT2D eigenvalue weighted by molar-refractivity contribution is 0.102. The summed E-state index contributed by atoms with van der Waals surface area (Å²) in [6, 6.07) is 10.4. The van der Waals surface area contributed by atoms with Crippen molar-refractivity contribution < 1.29 is 9.18 Å². The molecule has 0 unspecified atom stereocenters. The Balaban J connectivity index is 1.81. The first-order valence-electron chi connectivity index (χ1n) is 7.08. The lowest BCUT2D eigenvalue weighted by Crippen LogP contribution is -2.15. The molecule has 0 atom stereocenters. The van der Waals surface area contributed by atoms with Crippen molar-refractivity contribution in [1.29, 1.82) is 0 Å². The maximum absolute atomic E-state index is 13.8. The second-order valence-electron chi connectivity index (χ2n) is 5.34. The molecule has 21 heavy (non-hydrogen) atoms. The molecule has 0 aromatic heterocycles. The van der Waals surface area contributed by atoms with E-state index >= 15 is 0 Å². The summed E-state index contributed by atoms with van der Waals surface area (Å²) in [5.74, 6) is -0.924. The van der Waals surface area contributed by atoms with Crippen LogP contribution >= 0.6 is 0 Å². The van der Waals surface area contributed by atoms with Gasteiger partial charge in [0.25, 0.3) is 5.91 Å². The Kier molecular flexibility index (Phi) is 3.60. The Morgan fingerprint density at radius 2 is 2.10 bits per heavy atom. The Hall–Kier alpha value is -2.36. The summed E-state index contributed by atoms with van der Waals surface area (Å²) >= 11 is 0. The van der Waals surface area contributed by atoms with E-state index in [1.807, 2.05) is 18.2 Å². The minimum atomic E-state index is -0.497. The van der Waals surface area contributed by atoms with Crippen molar-refractivity contribution in [3.63, 3.8) is 0 Å². The van der Waals surface area contributed by atoms with Gasteiger partial charge in [-0.2, -0.15) is 0 Å². The molecule has 3 nitrogen and oxygen atoms in total. The monoisotopic (exact) mass is 284 g/mol. The molecule has 4 heteroatoms. The summed E-state index contributed by atoms with van der Waals surface area (Å²) in [5, 5.41) is 6.06. The van der Waals surface area contributed by atoms with Gasteiger partial charge in [-0.15, -0.1) is 0 Å². The Labute approximate surface area is 123 Å². The van der Waals surface area contributed by atoms with E-state index in [4.69, 9.17) is 0 Å².